The molecule has 1 fully saturated rings. The molecule has 8 nitrogen and oxygen atoms in total. The maximum absolute atomic E-state index is 12.7. The molecule has 29 heavy (non-hydrogen) atoms. The predicted molar refractivity (Wildman–Crippen MR) is 110 cm³/mol. The van der Waals surface area contributed by atoms with Crippen molar-refractivity contribution >= 4 is 23.0 Å². The summed E-state index contributed by atoms with van der Waals surface area (Å²) in [6, 6.07) is 9.61. The van der Waals surface area contributed by atoms with Gasteiger partial charge in [0, 0.05) is 13.1 Å². The Balaban J connectivity index is 1.71. The lowest BCUT2D eigenvalue weighted by Crippen LogP contribution is -2.46. The molecule has 1 aliphatic heterocycles. The number of anilines is 1. The number of fused-ring (bicyclic) bond motifs is 1. The van der Waals surface area contributed by atoms with Gasteiger partial charge >= 0.3 is 5.97 Å². The number of nitrogens with one attached hydrogen (secondary N) is 1. The van der Waals surface area contributed by atoms with Crippen LogP contribution in [0.1, 0.15) is 26.7 Å². The molecule has 4 rings (SSSR count). The van der Waals surface area contributed by atoms with Crippen LogP contribution in [0.5, 0.6) is 0 Å². The molecule has 0 amide bonds. The van der Waals surface area contributed by atoms with Crippen LogP contribution >= 0.6 is 0 Å². The van der Waals surface area contributed by atoms with E-state index >= 15 is 0 Å². The Morgan fingerprint density at radius 3 is 2.76 bits per heavy atom. The normalized spacial score (nSPS) is 17.5. The van der Waals surface area contributed by atoms with Gasteiger partial charge in [-0.15, -0.1) is 0 Å². The van der Waals surface area contributed by atoms with E-state index in [1.54, 1.807) is 4.68 Å². The zero-order valence-corrected chi connectivity index (χ0v) is 16.9. The minimum Gasteiger partial charge on any atom is -0.469 e. The minimum atomic E-state index is -0.608. The lowest BCUT2D eigenvalue weighted by Gasteiger charge is -2.39. The Labute approximate surface area is 168 Å². The van der Waals surface area contributed by atoms with Crippen molar-refractivity contribution in [1.82, 2.24) is 19.7 Å². The number of benzene rings is 1. The van der Waals surface area contributed by atoms with Crippen LogP contribution in [0.25, 0.3) is 16.7 Å². The van der Waals surface area contributed by atoms with E-state index in [0.717, 1.165) is 25.1 Å². The third-order valence-electron chi connectivity index (χ3n) is 5.88. The summed E-state index contributed by atoms with van der Waals surface area (Å²) < 4.78 is 6.67. The van der Waals surface area contributed by atoms with Crippen LogP contribution in [0, 0.1) is 11.3 Å². The van der Waals surface area contributed by atoms with Crippen LogP contribution in [0.15, 0.2) is 41.3 Å². The van der Waals surface area contributed by atoms with E-state index in [1.807, 2.05) is 49.1 Å². The highest BCUT2D eigenvalue weighted by Gasteiger charge is 2.40. The van der Waals surface area contributed by atoms with Gasteiger partial charge in [0.15, 0.2) is 5.65 Å². The zero-order chi connectivity index (χ0) is 20.6. The molecule has 0 spiro atoms. The average Bonchev–Trinajstić information content (AvgIpc) is 3.18. The van der Waals surface area contributed by atoms with Crippen molar-refractivity contribution in [3.63, 3.8) is 0 Å². The molecule has 1 atom stereocenters. The molecule has 1 unspecified atom stereocenters. The van der Waals surface area contributed by atoms with Crippen molar-refractivity contribution in [2.24, 2.45) is 11.3 Å². The molecule has 1 N–H and O–H groups in total. The summed E-state index contributed by atoms with van der Waals surface area (Å²) in [5, 5.41) is 4.80. The Hall–Kier alpha value is -3.16. The number of methoxy groups -OCH3 is 1. The molecule has 152 valence electrons. The van der Waals surface area contributed by atoms with E-state index in [2.05, 4.69) is 10.1 Å². The number of hydrogen-bond acceptors (Lipinski definition) is 6. The van der Waals surface area contributed by atoms with Crippen molar-refractivity contribution in [3.8, 4) is 5.69 Å². The minimum absolute atomic E-state index is 0.101. The highest BCUT2D eigenvalue weighted by atomic mass is 16.5. The molecule has 8 heteroatoms. The van der Waals surface area contributed by atoms with Gasteiger partial charge in [-0.1, -0.05) is 18.2 Å². The smallest absolute Gasteiger partial charge is 0.311 e. The number of carbonyl (C=O) groups excluding carboxylic acids is 1. The first kappa shape index (κ1) is 19.2. The second kappa shape index (κ2) is 7.35. The van der Waals surface area contributed by atoms with Crippen LogP contribution in [-0.2, 0) is 9.53 Å². The number of carbonyl (C=O) groups is 1. The molecule has 1 aromatic carbocycles. The number of aromatic amines is 1. The summed E-state index contributed by atoms with van der Waals surface area (Å²) in [6.07, 6.45) is 3.37. The quantitative estimate of drug-likeness (QED) is 0.683. The van der Waals surface area contributed by atoms with Crippen molar-refractivity contribution < 1.29 is 9.53 Å². The van der Waals surface area contributed by atoms with E-state index in [1.165, 1.54) is 13.3 Å². The summed E-state index contributed by atoms with van der Waals surface area (Å²) in [4.78, 5) is 34.6. The maximum Gasteiger partial charge on any atom is 0.311 e. The first-order valence-corrected chi connectivity index (χ1v) is 9.78. The lowest BCUT2D eigenvalue weighted by molar-refractivity contribution is -0.154. The maximum atomic E-state index is 12.7. The van der Waals surface area contributed by atoms with Crippen molar-refractivity contribution in [2.45, 2.75) is 26.7 Å². The van der Waals surface area contributed by atoms with Crippen molar-refractivity contribution in [2.75, 3.05) is 25.1 Å². The van der Waals surface area contributed by atoms with Gasteiger partial charge in [-0.3, -0.25) is 14.6 Å². The predicted octanol–water partition coefficient (Wildman–Crippen LogP) is 2.52. The van der Waals surface area contributed by atoms with E-state index in [0.29, 0.717) is 23.5 Å². The Morgan fingerprint density at radius 1 is 1.28 bits per heavy atom. The topological polar surface area (TPSA) is 93.1 Å². The molecule has 0 radical (unpaired) electrons. The molecule has 0 aliphatic carbocycles. The van der Waals surface area contributed by atoms with Crippen LogP contribution in [0.4, 0.5) is 5.95 Å². The zero-order valence-electron chi connectivity index (χ0n) is 16.9. The Bertz CT molecular complexity index is 1090. The Morgan fingerprint density at radius 2 is 2.03 bits per heavy atom. The van der Waals surface area contributed by atoms with Gasteiger partial charge in [-0.05, 0) is 44.7 Å². The molecule has 1 aliphatic rings. The van der Waals surface area contributed by atoms with Gasteiger partial charge in [-0.2, -0.15) is 10.1 Å². The summed E-state index contributed by atoms with van der Waals surface area (Å²) in [7, 11) is 1.42. The highest BCUT2D eigenvalue weighted by Crippen LogP contribution is 2.35. The number of nitrogens with zero attached hydrogens (tertiary/aromatic N) is 4. The van der Waals surface area contributed by atoms with Gasteiger partial charge in [0.05, 0.1) is 24.4 Å². The number of hydrogen-bond donors (Lipinski definition) is 1. The molecule has 2 aromatic heterocycles. The number of para-hydroxylation sites is 1. The van der Waals surface area contributed by atoms with E-state index in [4.69, 9.17) is 9.72 Å². The van der Waals surface area contributed by atoms with Crippen molar-refractivity contribution in [3.05, 3.63) is 46.9 Å². The summed E-state index contributed by atoms with van der Waals surface area (Å²) in [5.41, 5.74) is 0.532. The van der Waals surface area contributed by atoms with Crippen molar-refractivity contribution in [1.29, 1.82) is 0 Å². The van der Waals surface area contributed by atoms with Gasteiger partial charge in [0.2, 0.25) is 5.95 Å². The molecule has 0 saturated carbocycles. The van der Waals surface area contributed by atoms with E-state index in [9.17, 15) is 9.59 Å². The molecular weight excluding hydrogens is 370 g/mol. The first-order valence-electron chi connectivity index (χ1n) is 9.78. The van der Waals surface area contributed by atoms with Crippen LogP contribution in [0.2, 0.25) is 0 Å². The Kier molecular flexibility index (Phi) is 4.86. The number of piperidine rings is 1. The fourth-order valence-electron chi connectivity index (χ4n) is 4.00. The SMILES string of the molecule is COC(=O)C(C)(C)C1CCCN(c2nc3c(cnn3-c3ccccc3)c(=O)[nH]2)C1. The number of esters is 1. The third-order valence-corrected chi connectivity index (χ3v) is 5.88. The van der Waals surface area contributed by atoms with Crippen LogP contribution in [-0.4, -0.2) is 45.9 Å². The number of aromatic nitrogens is 4. The first-order chi connectivity index (χ1) is 13.9. The largest absolute Gasteiger partial charge is 0.469 e. The van der Waals surface area contributed by atoms with Gasteiger partial charge in [0.1, 0.15) is 5.39 Å². The van der Waals surface area contributed by atoms with Crippen LogP contribution < -0.4 is 10.5 Å². The number of rotatable bonds is 4. The molecule has 3 heterocycles. The van der Waals surface area contributed by atoms with Crippen LogP contribution in [0.3, 0.4) is 0 Å². The van der Waals surface area contributed by atoms with Gasteiger partial charge in [0.25, 0.3) is 5.56 Å². The second-order valence-electron chi connectivity index (χ2n) is 8.02. The molecule has 3 aromatic rings. The monoisotopic (exact) mass is 395 g/mol. The fourth-order valence-corrected chi connectivity index (χ4v) is 4.00. The van der Waals surface area contributed by atoms with Gasteiger partial charge in [-0.25, -0.2) is 4.68 Å². The summed E-state index contributed by atoms with van der Waals surface area (Å²) in [5.74, 6) is 0.387. The fraction of sp³-hybridized carbons (Fsp3) is 0.429. The summed E-state index contributed by atoms with van der Waals surface area (Å²) >= 11 is 0. The lowest BCUT2D eigenvalue weighted by atomic mass is 9.74. The second-order valence-corrected chi connectivity index (χ2v) is 8.02. The number of ether oxygens (including phenoxy) is 1. The third kappa shape index (κ3) is 3.39. The standard InChI is InChI=1S/C21H25N5O3/c1-21(2,19(28)29-3)14-8-7-11-25(13-14)20-23-17-16(18(27)24-20)12-22-26(17)15-9-5-4-6-10-15/h4-6,9-10,12,14H,7-8,11,13H2,1-3H3,(H,23,24,27). The van der Waals surface area contributed by atoms with Gasteiger partial charge < -0.3 is 9.64 Å². The number of H-pyrrole nitrogens is 1. The highest BCUT2D eigenvalue weighted by molar-refractivity contribution is 5.77. The van der Waals surface area contributed by atoms with E-state index in [-0.39, 0.29) is 17.4 Å². The average molecular weight is 395 g/mol. The van der Waals surface area contributed by atoms with E-state index < -0.39 is 5.41 Å². The molecule has 1 saturated heterocycles. The molecule has 0 bridgehead atoms. The summed E-state index contributed by atoms with van der Waals surface area (Å²) in [6.45, 7) is 5.21. The molecular formula is C21H25N5O3.